The lowest BCUT2D eigenvalue weighted by molar-refractivity contribution is -0.250. The Morgan fingerprint density at radius 2 is 1.14 bits per heavy atom. The summed E-state index contributed by atoms with van der Waals surface area (Å²) in [5, 5.41) is 0. The van der Waals surface area contributed by atoms with Crippen molar-refractivity contribution in [3.8, 4) is 0 Å². The van der Waals surface area contributed by atoms with Crippen LogP contribution < -0.4 is 0 Å². The number of hydrogen-bond acceptors (Lipinski definition) is 4. The SMILES string of the molecule is CCCCCCCCCC(CC)(OCCOC)OCCOC. The van der Waals surface area contributed by atoms with Crippen LogP contribution in [-0.2, 0) is 18.9 Å². The van der Waals surface area contributed by atoms with E-state index in [9.17, 15) is 0 Å². The van der Waals surface area contributed by atoms with Gasteiger partial charge in [-0.1, -0.05) is 52.4 Å². The van der Waals surface area contributed by atoms with Gasteiger partial charge in [0.15, 0.2) is 5.79 Å². The summed E-state index contributed by atoms with van der Waals surface area (Å²) < 4.78 is 22.2. The van der Waals surface area contributed by atoms with Gasteiger partial charge in [-0.15, -0.1) is 0 Å². The molecule has 0 unspecified atom stereocenters. The minimum absolute atomic E-state index is 0.472. The van der Waals surface area contributed by atoms with Gasteiger partial charge in [-0.25, -0.2) is 0 Å². The van der Waals surface area contributed by atoms with Crippen LogP contribution in [0.1, 0.15) is 71.6 Å². The predicted octanol–water partition coefficient (Wildman–Crippen LogP) is 4.56. The Bertz CT molecular complexity index is 211. The highest BCUT2D eigenvalue weighted by Crippen LogP contribution is 2.26. The van der Waals surface area contributed by atoms with Gasteiger partial charge < -0.3 is 18.9 Å². The summed E-state index contributed by atoms with van der Waals surface area (Å²) in [4.78, 5) is 0. The van der Waals surface area contributed by atoms with E-state index in [2.05, 4.69) is 13.8 Å². The minimum atomic E-state index is -0.472. The molecule has 0 N–H and O–H groups in total. The minimum Gasteiger partial charge on any atom is -0.382 e. The Kier molecular flexibility index (Phi) is 15.6. The second kappa shape index (κ2) is 15.7. The van der Waals surface area contributed by atoms with E-state index in [1.165, 1.54) is 38.5 Å². The first-order chi connectivity index (χ1) is 10.7. The first-order valence-corrected chi connectivity index (χ1v) is 9.00. The third-order valence-electron chi connectivity index (χ3n) is 4.01. The smallest absolute Gasteiger partial charge is 0.168 e. The fraction of sp³-hybridized carbons (Fsp3) is 1.00. The molecule has 0 fully saturated rings. The first-order valence-electron chi connectivity index (χ1n) is 9.00. The van der Waals surface area contributed by atoms with Crippen LogP contribution in [-0.4, -0.2) is 46.4 Å². The number of rotatable bonds is 17. The van der Waals surface area contributed by atoms with Gasteiger partial charge in [-0.05, 0) is 12.8 Å². The van der Waals surface area contributed by atoms with Gasteiger partial charge in [0, 0.05) is 20.6 Å². The number of hydrogen-bond donors (Lipinski definition) is 0. The average Bonchev–Trinajstić information content (AvgIpc) is 2.54. The molecule has 0 aromatic carbocycles. The second-order valence-corrected chi connectivity index (χ2v) is 5.82. The van der Waals surface area contributed by atoms with Crippen molar-refractivity contribution in [1.82, 2.24) is 0 Å². The highest BCUT2D eigenvalue weighted by Gasteiger charge is 2.29. The van der Waals surface area contributed by atoms with Crippen molar-refractivity contribution in [3.05, 3.63) is 0 Å². The molecule has 0 aromatic heterocycles. The van der Waals surface area contributed by atoms with Crippen LogP contribution in [0, 0.1) is 0 Å². The third kappa shape index (κ3) is 11.4. The molecule has 22 heavy (non-hydrogen) atoms. The van der Waals surface area contributed by atoms with Crippen molar-refractivity contribution in [2.75, 3.05) is 40.6 Å². The summed E-state index contributed by atoms with van der Waals surface area (Å²) in [7, 11) is 3.39. The lowest BCUT2D eigenvalue weighted by Crippen LogP contribution is -2.37. The van der Waals surface area contributed by atoms with Gasteiger partial charge >= 0.3 is 0 Å². The molecular formula is C18H38O4. The normalized spacial score (nSPS) is 12.0. The van der Waals surface area contributed by atoms with Gasteiger partial charge in [0.25, 0.3) is 0 Å². The van der Waals surface area contributed by atoms with Crippen molar-refractivity contribution >= 4 is 0 Å². The molecule has 0 saturated heterocycles. The number of methoxy groups -OCH3 is 2. The quantitative estimate of drug-likeness (QED) is 0.291. The maximum Gasteiger partial charge on any atom is 0.168 e. The molecule has 0 rings (SSSR count). The Morgan fingerprint density at radius 3 is 1.59 bits per heavy atom. The summed E-state index contributed by atoms with van der Waals surface area (Å²) in [5.41, 5.74) is 0. The molecule has 0 heterocycles. The molecule has 0 atom stereocenters. The molecule has 0 amide bonds. The molecule has 0 spiro atoms. The highest BCUT2D eigenvalue weighted by molar-refractivity contribution is 4.69. The third-order valence-corrected chi connectivity index (χ3v) is 4.01. The van der Waals surface area contributed by atoms with Crippen molar-refractivity contribution in [2.24, 2.45) is 0 Å². The Balaban J connectivity index is 4.07. The van der Waals surface area contributed by atoms with Gasteiger partial charge in [0.1, 0.15) is 0 Å². The molecule has 0 aliphatic carbocycles. The van der Waals surface area contributed by atoms with E-state index in [4.69, 9.17) is 18.9 Å². The van der Waals surface area contributed by atoms with Crippen molar-refractivity contribution in [2.45, 2.75) is 77.4 Å². The molecule has 0 aliphatic rings. The standard InChI is InChI=1S/C18H38O4/c1-5-7-8-9-10-11-12-13-18(6-2,21-16-14-19-3)22-17-15-20-4/h5-17H2,1-4H3. The molecule has 0 saturated carbocycles. The topological polar surface area (TPSA) is 36.9 Å². The van der Waals surface area contributed by atoms with Gasteiger partial charge in [-0.3, -0.25) is 0 Å². The molecule has 134 valence electrons. The summed E-state index contributed by atoms with van der Waals surface area (Å²) in [6.07, 6.45) is 10.9. The molecule has 4 heteroatoms. The molecule has 0 radical (unpaired) electrons. The number of ether oxygens (including phenoxy) is 4. The summed E-state index contributed by atoms with van der Waals surface area (Å²) in [6.45, 7) is 6.74. The average molecular weight is 318 g/mol. The predicted molar refractivity (Wildman–Crippen MR) is 91.3 cm³/mol. The van der Waals surface area contributed by atoms with E-state index >= 15 is 0 Å². The molecule has 4 nitrogen and oxygen atoms in total. The largest absolute Gasteiger partial charge is 0.382 e. The first kappa shape index (κ1) is 21.8. The summed E-state index contributed by atoms with van der Waals surface area (Å²) in [6, 6.07) is 0. The van der Waals surface area contributed by atoms with Crippen LogP contribution in [0.25, 0.3) is 0 Å². The monoisotopic (exact) mass is 318 g/mol. The van der Waals surface area contributed by atoms with Gasteiger partial charge in [-0.2, -0.15) is 0 Å². The maximum absolute atomic E-state index is 6.01. The Hall–Kier alpha value is -0.160. The van der Waals surface area contributed by atoms with Gasteiger partial charge in [0.05, 0.1) is 26.4 Å². The highest BCUT2D eigenvalue weighted by atomic mass is 16.7. The molecule has 0 aliphatic heterocycles. The number of unbranched alkanes of at least 4 members (excludes halogenated alkanes) is 6. The van der Waals surface area contributed by atoms with E-state index in [1.807, 2.05) is 0 Å². The van der Waals surface area contributed by atoms with E-state index in [0.717, 1.165) is 19.3 Å². The zero-order valence-electron chi connectivity index (χ0n) is 15.3. The summed E-state index contributed by atoms with van der Waals surface area (Å²) >= 11 is 0. The summed E-state index contributed by atoms with van der Waals surface area (Å²) in [5.74, 6) is -0.472. The Morgan fingerprint density at radius 1 is 0.636 bits per heavy atom. The zero-order valence-corrected chi connectivity index (χ0v) is 15.3. The van der Waals surface area contributed by atoms with Crippen molar-refractivity contribution in [3.63, 3.8) is 0 Å². The van der Waals surface area contributed by atoms with Gasteiger partial charge in [0.2, 0.25) is 0 Å². The lowest BCUT2D eigenvalue weighted by Gasteiger charge is -2.33. The lowest BCUT2D eigenvalue weighted by atomic mass is 10.0. The van der Waals surface area contributed by atoms with E-state index in [1.54, 1.807) is 14.2 Å². The fourth-order valence-electron chi connectivity index (χ4n) is 2.54. The molecule has 0 bridgehead atoms. The maximum atomic E-state index is 6.01. The fourth-order valence-corrected chi connectivity index (χ4v) is 2.54. The molecular weight excluding hydrogens is 280 g/mol. The van der Waals surface area contributed by atoms with E-state index in [0.29, 0.717) is 26.4 Å². The zero-order chi connectivity index (χ0) is 16.5. The van der Waals surface area contributed by atoms with Crippen LogP contribution in [0.15, 0.2) is 0 Å². The van der Waals surface area contributed by atoms with E-state index in [-0.39, 0.29) is 0 Å². The van der Waals surface area contributed by atoms with Crippen LogP contribution in [0.2, 0.25) is 0 Å². The Labute approximate surface area is 137 Å². The van der Waals surface area contributed by atoms with Crippen LogP contribution in [0.5, 0.6) is 0 Å². The van der Waals surface area contributed by atoms with Crippen LogP contribution in [0.3, 0.4) is 0 Å². The second-order valence-electron chi connectivity index (χ2n) is 5.82. The van der Waals surface area contributed by atoms with Crippen LogP contribution in [0.4, 0.5) is 0 Å². The van der Waals surface area contributed by atoms with E-state index < -0.39 is 5.79 Å². The molecule has 0 aromatic rings. The van der Waals surface area contributed by atoms with Crippen LogP contribution >= 0.6 is 0 Å². The van der Waals surface area contributed by atoms with Crippen molar-refractivity contribution < 1.29 is 18.9 Å². The van der Waals surface area contributed by atoms with Crippen molar-refractivity contribution in [1.29, 1.82) is 0 Å².